The van der Waals surface area contributed by atoms with E-state index in [1.54, 1.807) is 4.90 Å². The number of fused-ring (bicyclic) bond motifs is 1. The van der Waals surface area contributed by atoms with E-state index in [0.717, 1.165) is 34.6 Å². The highest BCUT2D eigenvalue weighted by molar-refractivity contribution is 5.88. The summed E-state index contributed by atoms with van der Waals surface area (Å²) < 4.78 is 11.3. The summed E-state index contributed by atoms with van der Waals surface area (Å²) in [7, 11) is 0. The van der Waals surface area contributed by atoms with E-state index >= 15 is 0 Å². The third-order valence-corrected chi connectivity index (χ3v) is 6.09. The molecule has 3 rings (SSSR count). The Bertz CT molecular complexity index is 942. The summed E-state index contributed by atoms with van der Waals surface area (Å²) in [5, 5.41) is 3.06. The molecule has 0 spiro atoms. The number of amides is 2. The van der Waals surface area contributed by atoms with Crippen molar-refractivity contribution in [1.82, 2.24) is 10.2 Å². The number of hydrogen-bond donors (Lipinski definition) is 1. The molecule has 1 heterocycles. The van der Waals surface area contributed by atoms with E-state index in [2.05, 4.69) is 5.32 Å². The largest absolute Gasteiger partial charge is 0.486 e. The molecule has 2 amide bonds. The molecule has 2 atom stereocenters. The Labute approximate surface area is 197 Å². The maximum absolute atomic E-state index is 13.4. The van der Waals surface area contributed by atoms with E-state index in [9.17, 15) is 9.59 Å². The Balaban J connectivity index is 1.75. The van der Waals surface area contributed by atoms with Crippen LogP contribution in [0.3, 0.4) is 0 Å². The van der Waals surface area contributed by atoms with Crippen LogP contribution in [0.4, 0.5) is 0 Å². The zero-order chi connectivity index (χ0) is 23.8. The fraction of sp³-hybridized carbons (Fsp3) is 0.481. The molecule has 1 aliphatic heterocycles. The van der Waals surface area contributed by atoms with Crippen molar-refractivity contribution in [2.75, 3.05) is 13.2 Å². The molecule has 0 radical (unpaired) electrons. The zero-order valence-electron chi connectivity index (χ0n) is 20.2. The van der Waals surface area contributed by atoms with Gasteiger partial charge in [-0.25, -0.2) is 0 Å². The van der Waals surface area contributed by atoms with E-state index in [1.807, 2.05) is 70.2 Å². The third-order valence-electron chi connectivity index (χ3n) is 6.09. The van der Waals surface area contributed by atoms with Gasteiger partial charge in [-0.05, 0) is 56.4 Å². The van der Waals surface area contributed by atoms with Crippen LogP contribution in [0, 0.1) is 6.92 Å². The van der Waals surface area contributed by atoms with Crippen LogP contribution in [-0.4, -0.2) is 42.0 Å². The van der Waals surface area contributed by atoms with Gasteiger partial charge in [-0.15, -0.1) is 0 Å². The van der Waals surface area contributed by atoms with Gasteiger partial charge in [0.1, 0.15) is 19.3 Å². The Hall–Kier alpha value is -3.02. The highest BCUT2D eigenvalue weighted by Crippen LogP contribution is 2.31. The fourth-order valence-corrected chi connectivity index (χ4v) is 3.89. The minimum atomic E-state index is -0.506. The molecule has 2 aromatic rings. The second-order valence-corrected chi connectivity index (χ2v) is 8.73. The van der Waals surface area contributed by atoms with Crippen LogP contribution < -0.4 is 14.8 Å². The van der Waals surface area contributed by atoms with Crippen LogP contribution in [0.5, 0.6) is 11.5 Å². The molecule has 0 fully saturated rings. The normalized spacial score (nSPS) is 14.3. The molecule has 6 nitrogen and oxygen atoms in total. The topological polar surface area (TPSA) is 67.9 Å². The summed E-state index contributed by atoms with van der Waals surface area (Å²) >= 11 is 0. The predicted octanol–water partition coefficient (Wildman–Crippen LogP) is 4.42. The van der Waals surface area contributed by atoms with Crippen molar-refractivity contribution < 1.29 is 19.1 Å². The molecule has 178 valence electrons. The second-order valence-electron chi connectivity index (χ2n) is 8.73. The highest BCUT2D eigenvalue weighted by atomic mass is 16.6. The lowest BCUT2D eigenvalue weighted by molar-refractivity contribution is -0.141. The minimum absolute atomic E-state index is 0.0309. The van der Waals surface area contributed by atoms with Crippen molar-refractivity contribution in [1.29, 1.82) is 0 Å². The van der Waals surface area contributed by atoms with Crippen molar-refractivity contribution in [3.05, 3.63) is 59.2 Å². The summed E-state index contributed by atoms with van der Waals surface area (Å²) in [5.74, 6) is 1.34. The van der Waals surface area contributed by atoms with Crippen LogP contribution in [0.1, 0.15) is 56.7 Å². The summed E-state index contributed by atoms with van der Waals surface area (Å²) in [6.07, 6.45) is 2.30. The first-order valence-corrected chi connectivity index (χ1v) is 11.9. The van der Waals surface area contributed by atoms with Crippen molar-refractivity contribution in [3.8, 4) is 11.5 Å². The lowest BCUT2D eigenvalue weighted by atomic mass is 10.0. The van der Waals surface area contributed by atoms with Gasteiger partial charge in [0.05, 0.1) is 0 Å². The molecule has 0 saturated carbocycles. The van der Waals surface area contributed by atoms with Crippen LogP contribution >= 0.6 is 0 Å². The molecule has 0 aliphatic carbocycles. The molecule has 1 N–H and O–H groups in total. The lowest BCUT2D eigenvalue weighted by Gasteiger charge is -2.31. The summed E-state index contributed by atoms with van der Waals surface area (Å²) in [6.45, 7) is 9.50. The molecule has 2 aromatic carbocycles. The third kappa shape index (κ3) is 6.73. The van der Waals surface area contributed by atoms with Gasteiger partial charge < -0.3 is 19.7 Å². The number of hydrogen-bond acceptors (Lipinski definition) is 4. The molecule has 6 heteroatoms. The van der Waals surface area contributed by atoms with Gasteiger partial charge >= 0.3 is 0 Å². The summed E-state index contributed by atoms with van der Waals surface area (Å²) in [5.41, 5.74) is 3.19. The molecule has 0 bridgehead atoms. The van der Waals surface area contributed by atoms with Gasteiger partial charge in [0.15, 0.2) is 11.5 Å². The Kier molecular flexibility index (Phi) is 8.75. The minimum Gasteiger partial charge on any atom is -0.486 e. The number of nitrogens with one attached hydrogen (secondary N) is 1. The van der Waals surface area contributed by atoms with Crippen LogP contribution in [0.25, 0.3) is 0 Å². The van der Waals surface area contributed by atoms with Gasteiger partial charge in [-0.1, -0.05) is 49.7 Å². The maximum atomic E-state index is 13.4. The van der Waals surface area contributed by atoms with Crippen LogP contribution in [0.2, 0.25) is 0 Å². The number of nitrogens with zero attached hydrogens (tertiary/aromatic N) is 1. The highest BCUT2D eigenvalue weighted by Gasteiger charge is 2.29. The van der Waals surface area contributed by atoms with E-state index < -0.39 is 6.04 Å². The van der Waals surface area contributed by atoms with E-state index in [-0.39, 0.29) is 17.9 Å². The standard InChI is InChI=1S/C27H36N2O4/c1-5-20(4)28-27(31)23(6-2)29(18-22-9-7-19(3)8-10-22)26(30)14-12-21-11-13-24-25(17-21)33-16-15-32-24/h7-11,13,17,20,23H,5-6,12,14-16,18H2,1-4H3,(H,28,31)/t20-,23-/m1/s1. The average Bonchev–Trinajstić information content (AvgIpc) is 2.83. The van der Waals surface area contributed by atoms with E-state index in [1.165, 1.54) is 0 Å². The Morgan fingerprint density at radius 2 is 1.64 bits per heavy atom. The van der Waals surface area contributed by atoms with E-state index in [0.29, 0.717) is 39.0 Å². The Morgan fingerprint density at radius 3 is 2.30 bits per heavy atom. The van der Waals surface area contributed by atoms with Crippen molar-refractivity contribution in [3.63, 3.8) is 0 Å². The number of ether oxygens (including phenoxy) is 2. The van der Waals surface area contributed by atoms with Crippen molar-refractivity contribution >= 4 is 11.8 Å². The van der Waals surface area contributed by atoms with Gasteiger partial charge in [-0.2, -0.15) is 0 Å². The average molecular weight is 453 g/mol. The molecule has 0 saturated heterocycles. The first kappa shape index (κ1) is 24.6. The maximum Gasteiger partial charge on any atom is 0.243 e. The van der Waals surface area contributed by atoms with Crippen LogP contribution in [-0.2, 0) is 22.6 Å². The number of carbonyl (C=O) groups excluding carboxylic acids is 2. The monoisotopic (exact) mass is 452 g/mol. The van der Waals surface area contributed by atoms with Crippen molar-refractivity contribution in [2.45, 2.75) is 72.0 Å². The molecule has 33 heavy (non-hydrogen) atoms. The molecular formula is C27H36N2O4. The lowest BCUT2D eigenvalue weighted by Crippen LogP contribution is -2.50. The molecule has 0 aromatic heterocycles. The van der Waals surface area contributed by atoms with Gasteiger partial charge in [0.25, 0.3) is 0 Å². The van der Waals surface area contributed by atoms with E-state index in [4.69, 9.17) is 9.47 Å². The van der Waals surface area contributed by atoms with Crippen LogP contribution in [0.15, 0.2) is 42.5 Å². The van der Waals surface area contributed by atoms with Crippen molar-refractivity contribution in [2.24, 2.45) is 0 Å². The molecule has 1 aliphatic rings. The number of aryl methyl sites for hydroxylation is 2. The molecule has 0 unspecified atom stereocenters. The SMILES string of the molecule is CC[C@@H](C)NC(=O)[C@@H](CC)N(Cc1ccc(C)cc1)C(=O)CCc1ccc2c(c1)OCCO2. The predicted molar refractivity (Wildman–Crippen MR) is 129 cm³/mol. The van der Waals surface area contributed by atoms with Gasteiger partial charge in [-0.3, -0.25) is 9.59 Å². The first-order chi connectivity index (χ1) is 15.9. The Morgan fingerprint density at radius 1 is 0.970 bits per heavy atom. The summed E-state index contributed by atoms with van der Waals surface area (Å²) in [6, 6.07) is 13.5. The second kappa shape index (κ2) is 11.7. The first-order valence-electron chi connectivity index (χ1n) is 11.9. The summed E-state index contributed by atoms with van der Waals surface area (Å²) in [4.78, 5) is 28.2. The fourth-order valence-electron chi connectivity index (χ4n) is 3.89. The quantitative estimate of drug-likeness (QED) is 0.579. The zero-order valence-corrected chi connectivity index (χ0v) is 20.2. The van der Waals surface area contributed by atoms with Gasteiger partial charge in [0.2, 0.25) is 11.8 Å². The van der Waals surface area contributed by atoms with Gasteiger partial charge in [0, 0.05) is 19.0 Å². The smallest absolute Gasteiger partial charge is 0.243 e. The molecular weight excluding hydrogens is 416 g/mol. The number of benzene rings is 2. The number of carbonyl (C=O) groups is 2. The number of rotatable bonds is 10.